The van der Waals surface area contributed by atoms with Gasteiger partial charge in [-0.25, -0.2) is 13.4 Å². The molecule has 2 aliphatic rings. The molecule has 0 aliphatic carbocycles. The van der Waals surface area contributed by atoms with Crippen LogP contribution in [0, 0.1) is 12.8 Å². The fourth-order valence-electron chi connectivity index (χ4n) is 5.47. The summed E-state index contributed by atoms with van der Waals surface area (Å²) in [6, 6.07) is 9.41. The van der Waals surface area contributed by atoms with Crippen LogP contribution in [0.15, 0.2) is 58.1 Å². The summed E-state index contributed by atoms with van der Waals surface area (Å²) in [5, 5.41) is 3.51. The van der Waals surface area contributed by atoms with Crippen LogP contribution in [0.5, 0.6) is 0 Å². The van der Waals surface area contributed by atoms with Crippen LogP contribution in [0.4, 0.5) is 0 Å². The molecule has 11 heteroatoms. The number of ketones is 1. The van der Waals surface area contributed by atoms with Crippen molar-refractivity contribution in [3.63, 3.8) is 0 Å². The van der Waals surface area contributed by atoms with Crippen LogP contribution in [0.25, 0.3) is 11.0 Å². The minimum atomic E-state index is -4.01. The van der Waals surface area contributed by atoms with E-state index in [-0.39, 0.29) is 35.6 Å². The lowest BCUT2D eigenvalue weighted by molar-refractivity contribution is -0.138. The van der Waals surface area contributed by atoms with Crippen molar-refractivity contribution >= 4 is 38.6 Å². The first-order valence-electron chi connectivity index (χ1n) is 12.6. The molecular weight excluding hydrogens is 508 g/mol. The molecule has 10 nitrogen and oxygen atoms in total. The van der Waals surface area contributed by atoms with Gasteiger partial charge < -0.3 is 14.6 Å². The van der Waals surface area contributed by atoms with Gasteiger partial charge in [-0.2, -0.15) is 4.31 Å². The standard InChI is InChI=1S/C27H30N4O6S/c1-16(2)14-19(29-26(33)25-17(3)18-8-4-5-9-22(18)37-25)27(34)30-13-11-20-24(30)21(32)15-31(20)38(35,36)23-10-6-7-12-28-23/h4-10,12,16,19-20,24H,11,13-15H2,1-3H3,(H,29,33). The number of benzene rings is 1. The van der Waals surface area contributed by atoms with Gasteiger partial charge in [-0.1, -0.05) is 38.1 Å². The van der Waals surface area contributed by atoms with E-state index in [0.29, 0.717) is 24.0 Å². The maximum absolute atomic E-state index is 13.8. The summed E-state index contributed by atoms with van der Waals surface area (Å²) in [5.74, 6) is -1.05. The van der Waals surface area contributed by atoms with Crippen molar-refractivity contribution in [2.24, 2.45) is 5.92 Å². The monoisotopic (exact) mass is 538 g/mol. The van der Waals surface area contributed by atoms with E-state index in [4.69, 9.17) is 4.42 Å². The summed E-state index contributed by atoms with van der Waals surface area (Å²) in [5.41, 5.74) is 1.26. The van der Waals surface area contributed by atoms with Gasteiger partial charge in [-0.15, -0.1) is 0 Å². The Hall–Kier alpha value is -3.57. The number of sulfonamides is 1. The Morgan fingerprint density at radius 3 is 2.58 bits per heavy atom. The molecule has 38 heavy (non-hydrogen) atoms. The molecule has 2 amide bonds. The van der Waals surface area contributed by atoms with Crippen LogP contribution in [-0.4, -0.2) is 71.4 Å². The fraction of sp³-hybridized carbons (Fsp3) is 0.407. The minimum absolute atomic E-state index is 0.0692. The number of nitrogens with one attached hydrogen (secondary N) is 1. The van der Waals surface area contributed by atoms with Gasteiger partial charge in [0.1, 0.15) is 17.7 Å². The van der Waals surface area contributed by atoms with Crippen molar-refractivity contribution < 1.29 is 27.2 Å². The van der Waals surface area contributed by atoms with Crippen molar-refractivity contribution in [1.29, 1.82) is 0 Å². The van der Waals surface area contributed by atoms with Gasteiger partial charge in [0.05, 0.1) is 12.6 Å². The summed E-state index contributed by atoms with van der Waals surface area (Å²) in [4.78, 5) is 45.5. The zero-order valence-electron chi connectivity index (χ0n) is 21.5. The summed E-state index contributed by atoms with van der Waals surface area (Å²) >= 11 is 0. The van der Waals surface area contributed by atoms with E-state index in [1.807, 2.05) is 32.0 Å². The normalized spacial score (nSPS) is 20.7. The van der Waals surface area contributed by atoms with Gasteiger partial charge in [0, 0.05) is 23.7 Å². The molecule has 5 rings (SSSR count). The Labute approximate surface area is 221 Å². The molecule has 3 unspecified atom stereocenters. The van der Waals surface area contributed by atoms with Gasteiger partial charge >= 0.3 is 0 Å². The number of pyridine rings is 1. The molecule has 2 aromatic heterocycles. The van der Waals surface area contributed by atoms with Crippen LogP contribution in [0.1, 0.15) is 42.8 Å². The topological polar surface area (TPSA) is 130 Å². The highest BCUT2D eigenvalue weighted by Crippen LogP contribution is 2.34. The number of para-hydroxylation sites is 1. The number of furan rings is 1. The van der Waals surface area contributed by atoms with Crippen molar-refractivity contribution in [2.45, 2.75) is 56.8 Å². The Morgan fingerprint density at radius 1 is 1.16 bits per heavy atom. The van der Waals surface area contributed by atoms with E-state index < -0.39 is 40.0 Å². The Kier molecular flexibility index (Phi) is 6.83. The molecule has 1 aromatic carbocycles. The highest BCUT2D eigenvalue weighted by molar-refractivity contribution is 7.89. The molecule has 2 saturated heterocycles. The average Bonchev–Trinajstić information content (AvgIpc) is 3.57. The lowest BCUT2D eigenvalue weighted by Crippen LogP contribution is -2.53. The first-order chi connectivity index (χ1) is 18.1. The zero-order valence-corrected chi connectivity index (χ0v) is 22.3. The third-order valence-electron chi connectivity index (χ3n) is 7.23. The Bertz CT molecular complexity index is 1500. The minimum Gasteiger partial charge on any atom is -0.451 e. The number of fused-ring (bicyclic) bond motifs is 2. The molecule has 1 N–H and O–H groups in total. The number of aryl methyl sites for hydroxylation is 1. The van der Waals surface area contributed by atoms with E-state index in [9.17, 15) is 22.8 Å². The lowest BCUT2D eigenvalue weighted by atomic mass is 10.0. The fourth-order valence-corrected chi connectivity index (χ4v) is 7.03. The number of aromatic nitrogens is 1. The van der Waals surface area contributed by atoms with E-state index in [0.717, 1.165) is 9.69 Å². The van der Waals surface area contributed by atoms with Crippen LogP contribution < -0.4 is 5.32 Å². The number of hydrogen-bond acceptors (Lipinski definition) is 7. The lowest BCUT2D eigenvalue weighted by Gasteiger charge is -2.29. The highest BCUT2D eigenvalue weighted by Gasteiger charge is 2.54. The summed E-state index contributed by atoms with van der Waals surface area (Å²) < 4.78 is 33.4. The van der Waals surface area contributed by atoms with E-state index in [1.165, 1.54) is 17.2 Å². The second-order valence-electron chi connectivity index (χ2n) is 10.2. The van der Waals surface area contributed by atoms with Crippen molar-refractivity contribution in [1.82, 2.24) is 19.5 Å². The van der Waals surface area contributed by atoms with E-state index in [1.54, 1.807) is 25.1 Å². The van der Waals surface area contributed by atoms with E-state index in [2.05, 4.69) is 10.3 Å². The number of likely N-dealkylation sites (tertiary alicyclic amines) is 1. The largest absolute Gasteiger partial charge is 0.451 e. The molecule has 0 radical (unpaired) electrons. The molecule has 3 aromatic rings. The number of nitrogens with zero attached hydrogens (tertiary/aromatic N) is 3. The highest BCUT2D eigenvalue weighted by atomic mass is 32.2. The molecule has 2 aliphatic heterocycles. The number of carbonyl (C=O) groups excluding carboxylic acids is 3. The van der Waals surface area contributed by atoms with Gasteiger partial charge in [-0.3, -0.25) is 14.4 Å². The SMILES string of the molecule is Cc1c(C(=O)NC(CC(C)C)C(=O)N2CCC3C2C(=O)CN3S(=O)(=O)c2ccccn2)oc2ccccc12. The molecule has 2 fully saturated rings. The third kappa shape index (κ3) is 4.49. The first-order valence-corrected chi connectivity index (χ1v) is 14.1. The smallest absolute Gasteiger partial charge is 0.287 e. The summed E-state index contributed by atoms with van der Waals surface area (Å²) in [6.07, 6.45) is 2.05. The van der Waals surface area contributed by atoms with Gasteiger partial charge in [0.15, 0.2) is 16.6 Å². The zero-order chi connectivity index (χ0) is 27.2. The Morgan fingerprint density at radius 2 is 1.89 bits per heavy atom. The third-order valence-corrected chi connectivity index (χ3v) is 9.02. The average molecular weight is 539 g/mol. The quantitative estimate of drug-likeness (QED) is 0.489. The second-order valence-corrected chi connectivity index (χ2v) is 12.1. The predicted octanol–water partition coefficient (Wildman–Crippen LogP) is 2.52. The molecule has 3 atom stereocenters. The molecule has 4 heterocycles. The first kappa shape index (κ1) is 26.1. The molecule has 0 spiro atoms. The predicted molar refractivity (Wildman–Crippen MR) is 139 cm³/mol. The summed E-state index contributed by atoms with van der Waals surface area (Å²) in [7, 11) is -4.01. The van der Waals surface area contributed by atoms with Crippen molar-refractivity contribution in [3.05, 3.63) is 60.0 Å². The number of carbonyl (C=O) groups is 3. The van der Waals surface area contributed by atoms with E-state index >= 15 is 0 Å². The number of rotatable bonds is 7. The van der Waals surface area contributed by atoms with Crippen LogP contribution in [-0.2, 0) is 19.6 Å². The van der Waals surface area contributed by atoms with Gasteiger partial charge in [0.25, 0.3) is 15.9 Å². The van der Waals surface area contributed by atoms with Crippen molar-refractivity contribution in [2.75, 3.05) is 13.1 Å². The summed E-state index contributed by atoms with van der Waals surface area (Å²) in [6.45, 7) is 5.56. The van der Waals surface area contributed by atoms with Crippen LogP contribution in [0.2, 0.25) is 0 Å². The van der Waals surface area contributed by atoms with Crippen molar-refractivity contribution in [3.8, 4) is 0 Å². The second kappa shape index (κ2) is 9.95. The molecule has 0 bridgehead atoms. The van der Waals surface area contributed by atoms with Gasteiger partial charge in [0.2, 0.25) is 5.91 Å². The molecular formula is C27H30N4O6S. The van der Waals surface area contributed by atoms with Crippen LogP contribution in [0.3, 0.4) is 0 Å². The number of hydrogen-bond donors (Lipinski definition) is 1. The molecule has 200 valence electrons. The number of Topliss-reactive ketones (excluding diaryl/α,β-unsaturated/α-hetero) is 1. The van der Waals surface area contributed by atoms with Crippen LogP contribution >= 0.6 is 0 Å². The van der Waals surface area contributed by atoms with Gasteiger partial charge in [-0.05, 0) is 43.9 Å². The Balaban J connectivity index is 1.38. The maximum atomic E-state index is 13.8. The maximum Gasteiger partial charge on any atom is 0.287 e. The number of amides is 2. The molecule has 0 saturated carbocycles.